The van der Waals surface area contributed by atoms with Gasteiger partial charge in [0.15, 0.2) is 0 Å². The molecule has 1 heterocycles. The van der Waals surface area contributed by atoms with E-state index in [1.54, 1.807) is 4.68 Å². The second-order valence-corrected chi connectivity index (χ2v) is 7.59. The largest absolute Gasteiger partial charge is 0.439 e. The van der Waals surface area contributed by atoms with Crippen molar-refractivity contribution in [3.8, 4) is 22.9 Å². The molecular formula is C25H33N3O3. The van der Waals surface area contributed by atoms with Crippen LogP contribution in [0.4, 0.5) is 0 Å². The zero-order valence-corrected chi connectivity index (χ0v) is 18.7. The van der Waals surface area contributed by atoms with E-state index in [4.69, 9.17) is 14.6 Å². The molecule has 1 aromatic heterocycles. The molecule has 0 aliphatic rings. The molecule has 0 spiro atoms. The minimum absolute atomic E-state index is 0.336. The third kappa shape index (κ3) is 6.40. The maximum Gasteiger partial charge on any atom is 0.222 e. The first-order chi connectivity index (χ1) is 15.1. The van der Waals surface area contributed by atoms with Gasteiger partial charge in [-0.25, -0.2) is 4.68 Å². The van der Waals surface area contributed by atoms with Gasteiger partial charge >= 0.3 is 0 Å². The predicted octanol–water partition coefficient (Wildman–Crippen LogP) is 4.49. The summed E-state index contributed by atoms with van der Waals surface area (Å²) < 4.78 is 13.5. The van der Waals surface area contributed by atoms with Crippen LogP contribution in [0.2, 0.25) is 0 Å². The fourth-order valence-electron chi connectivity index (χ4n) is 3.63. The van der Waals surface area contributed by atoms with E-state index in [-0.39, 0.29) is 0 Å². The van der Waals surface area contributed by atoms with Gasteiger partial charge in [0, 0.05) is 32.3 Å². The van der Waals surface area contributed by atoms with Gasteiger partial charge < -0.3 is 14.6 Å². The number of aliphatic hydroxyl groups is 1. The lowest BCUT2D eigenvalue weighted by atomic mass is 10.1. The average molecular weight is 424 g/mol. The molecule has 0 fully saturated rings. The molecule has 166 valence electrons. The monoisotopic (exact) mass is 423 g/mol. The van der Waals surface area contributed by atoms with Gasteiger partial charge in [0.2, 0.25) is 5.88 Å². The molecule has 6 nitrogen and oxygen atoms in total. The summed E-state index contributed by atoms with van der Waals surface area (Å²) in [5.74, 6) is 1.48. The summed E-state index contributed by atoms with van der Waals surface area (Å²) >= 11 is 0. The zero-order valence-electron chi connectivity index (χ0n) is 18.7. The van der Waals surface area contributed by atoms with E-state index < -0.39 is 6.10 Å². The maximum atomic E-state index is 10.4. The minimum atomic E-state index is -0.540. The van der Waals surface area contributed by atoms with E-state index in [0.29, 0.717) is 32.2 Å². The van der Waals surface area contributed by atoms with Crippen molar-refractivity contribution in [3.63, 3.8) is 0 Å². The molecule has 2 aromatic carbocycles. The summed E-state index contributed by atoms with van der Waals surface area (Å²) in [4.78, 5) is 2.24. The lowest BCUT2D eigenvalue weighted by Gasteiger charge is -2.25. The van der Waals surface area contributed by atoms with Crippen LogP contribution in [0.5, 0.6) is 11.6 Å². The Morgan fingerprint density at radius 3 is 2.35 bits per heavy atom. The fourth-order valence-corrected chi connectivity index (χ4v) is 3.63. The van der Waals surface area contributed by atoms with Crippen molar-refractivity contribution in [2.75, 3.05) is 26.3 Å². The third-order valence-corrected chi connectivity index (χ3v) is 5.00. The molecule has 0 amide bonds. The third-order valence-electron chi connectivity index (χ3n) is 5.00. The van der Waals surface area contributed by atoms with E-state index in [0.717, 1.165) is 35.5 Å². The lowest BCUT2D eigenvalue weighted by Crippen LogP contribution is -2.35. The number of rotatable bonds is 12. The standard InChI is InChI=1S/C25H33N3O3/c1-4-16-28(17-21(29)19-30-5-2)18-23-24(20-12-8-6-9-13-20)26-27(3)25(23)31-22-14-10-7-11-15-22/h6-15,21,29H,4-5,16-19H2,1-3H3/t21-/m1/s1. The average Bonchev–Trinajstić information content (AvgIpc) is 3.09. The molecule has 0 bridgehead atoms. The number of aromatic nitrogens is 2. The summed E-state index contributed by atoms with van der Waals surface area (Å²) in [6.45, 7) is 7.02. The molecular weight excluding hydrogens is 390 g/mol. The number of benzene rings is 2. The van der Waals surface area contributed by atoms with Crippen LogP contribution >= 0.6 is 0 Å². The molecule has 3 rings (SSSR count). The van der Waals surface area contributed by atoms with Crippen LogP contribution in [0.15, 0.2) is 60.7 Å². The Balaban J connectivity index is 1.94. The first-order valence-corrected chi connectivity index (χ1v) is 10.9. The molecule has 1 N–H and O–H groups in total. The second kappa shape index (κ2) is 11.6. The van der Waals surface area contributed by atoms with Crippen LogP contribution in [-0.4, -0.2) is 52.2 Å². The van der Waals surface area contributed by atoms with Crippen LogP contribution < -0.4 is 4.74 Å². The Hall–Kier alpha value is -2.67. The van der Waals surface area contributed by atoms with Crippen LogP contribution in [-0.2, 0) is 18.3 Å². The molecule has 0 saturated heterocycles. The van der Waals surface area contributed by atoms with Crippen molar-refractivity contribution >= 4 is 0 Å². The van der Waals surface area contributed by atoms with E-state index in [1.807, 2.05) is 62.5 Å². The highest BCUT2D eigenvalue weighted by atomic mass is 16.5. The molecule has 0 radical (unpaired) electrons. The maximum absolute atomic E-state index is 10.4. The van der Waals surface area contributed by atoms with Crippen molar-refractivity contribution in [3.05, 3.63) is 66.2 Å². The number of aryl methyl sites for hydroxylation is 1. The van der Waals surface area contributed by atoms with Crippen molar-refractivity contribution in [1.29, 1.82) is 0 Å². The Morgan fingerprint density at radius 1 is 1.03 bits per heavy atom. The number of hydrogen-bond donors (Lipinski definition) is 1. The quantitative estimate of drug-likeness (QED) is 0.465. The van der Waals surface area contributed by atoms with E-state index >= 15 is 0 Å². The van der Waals surface area contributed by atoms with Crippen molar-refractivity contribution in [1.82, 2.24) is 14.7 Å². The Kier molecular flexibility index (Phi) is 8.64. The number of aliphatic hydroxyl groups excluding tert-OH is 1. The molecule has 0 unspecified atom stereocenters. The minimum Gasteiger partial charge on any atom is -0.439 e. The molecule has 1 atom stereocenters. The fraction of sp³-hybridized carbons (Fsp3) is 0.400. The normalized spacial score (nSPS) is 12.3. The van der Waals surface area contributed by atoms with Crippen molar-refractivity contribution in [2.24, 2.45) is 7.05 Å². The molecule has 0 aliphatic heterocycles. The Labute approximate surface area is 185 Å². The summed E-state index contributed by atoms with van der Waals surface area (Å²) in [7, 11) is 1.91. The molecule has 31 heavy (non-hydrogen) atoms. The lowest BCUT2D eigenvalue weighted by molar-refractivity contribution is 0.0195. The van der Waals surface area contributed by atoms with Crippen molar-refractivity contribution in [2.45, 2.75) is 32.9 Å². The highest BCUT2D eigenvalue weighted by molar-refractivity contribution is 5.65. The van der Waals surface area contributed by atoms with Crippen LogP contribution in [0.1, 0.15) is 25.8 Å². The van der Waals surface area contributed by atoms with Gasteiger partial charge in [-0.2, -0.15) is 5.10 Å². The first kappa shape index (κ1) is 23.0. The van der Waals surface area contributed by atoms with Crippen LogP contribution in [0.3, 0.4) is 0 Å². The number of hydrogen-bond acceptors (Lipinski definition) is 5. The highest BCUT2D eigenvalue weighted by Gasteiger charge is 2.23. The SMILES string of the molecule is CCCN(Cc1c(-c2ccccc2)nn(C)c1Oc1ccccc1)C[C@@H](O)COCC. The van der Waals surface area contributed by atoms with Crippen LogP contribution in [0, 0.1) is 0 Å². The zero-order chi connectivity index (χ0) is 22.1. The predicted molar refractivity (Wildman–Crippen MR) is 123 cm³/mol. The van der Waals surface area contributed by atoms with Crippen LogP contribution in [0.25, 0.3) is 11.3 Å². The van der Waals surface area contributed by atoms with Crippen molar-refractivity contribution < 1.29 is 14.6 Å². The molecule has 3 aromatic rings. The smallest absolute Gasteiger partial charge is 0.222 e. The molecule has 0 saturated carbocycles. The van der Waals surface area contributed by atoms with Gasteiger partial charge in [-0.3, -0.25) is 4.90 Å². The number of para-hydroxylation sites is 1. The Morgan fingerprint density at radius 2 is 1.71 bits per heavy atom. The first-order valence-electron chi connectivity index (χ1n) is 10.9. The van der Waals surface area contributed by atoms with Gasteiger partial charge in [0.1, 0.15) is 11.4 Å². The Bertz CT molecular complexity index is 913. The summed E-state index contributed by atoms with van der Waals surface area (Å²) in [5.41, 5.74) is 2.95. The van der Waals surface area contributed by atoms with Gasteiger partial charge in [0.05, 0.1) is 18.3 Å². The summed E-state index contributed by atoms with van der Waals surface area (Å²) in [6, 6.07) is 19.9. The number of ether oxygens (including phenoxy) is 2. The number of nitrogens with zero attached hydrogens (tertiary/aromatic N) is 3. The second-order valence-electron chi connectivity index (χ2n) is 7.59. The van der Waals surface area contributed by atoms with Gasteiger partial charge in [0.25, 0.3) is 0 Å². The summed E-state index contributed by atoms with van der Waals surface area (Å²) in [5, 5.41) is 15.2. The van der Waals surface area contributed by atoms with E-state index in [2.05, 4.69) is 24.0 Å². The van der Waals surface area contributed by atoms with Gasteiger partial charge in [-0.05, 0) is 32.0 Å². The van der Waals surface area contributed by atoms with E-state index in [1.165, 1.54) is 0 Å². The topological polar surface area (TPSA) is 59.8 Å². The van der Waals surface area contributed by atoms with Gasteiger partial charge in [-0.1, -0.05) is 55.5 Å². The highest BCUT2D eigenvalue weighted by Crippen LogP contribution is 2.34. The summed E-state index contributed by atoms with van der Waals surface area (Å²) in [6.07, 6.45) is 0.443. The van der Waals surface area contributed by atoms with E-state index in [9.17, 15) is 5.11 Å². The molecule has 0 aliphatic carbocycles. The molecule has 6 heteroatoms. The van der Waals surface area contributed by atoms with Gasteiger partial charge in [-0.15, -0.1) is 0 Å².